The first-order valence-corrected chi connectivity index (χ1v) is 7.57. The normalized spacial score (nSPS) is 12.1. The molecule has 0 unspecified atom stereocenters. The number of hydrogen-bond acceptors (Lipinski definition) is 3. The molecule has 5 heteroatoms. The van der Waals surface area contributed by atoms with Crippen molar-refractivity contribution in [1.82, 2.24) is 5.32 Å². The van der Waals surface area contributed by atoms with Crippen molar-refractivity contribution in [2.24, 2.45) is 0 Å². The third kappa shape index (κ3) is 4.12. The Bertz CT molecular complexity index is 598. The van der Waals surface area contributed by atoms with Crippen molar-refractivity contribution >= 4 is 17.2 Å². The lowest BCUT2D eigenvalue weighted by molar-refractivity contribution is -0.122. The molecule has 2 aromatic rings. The Morgan fingerprint density at radius 3 is 2.86 bits per heavy atom. The summed E-state index contributed by atoms with van der Waals surface area (Å²) >= 11 is 1.56. The van der Waals surface area contributed by atoms with Gasteiger partial charge in [0.1, 0.15) is 5.82 Å². The van der Waals surface area contributed by atoms with E-state index in [0.29, 0.717) is 12.1 Å². The van der Waals surface area contributed by atoms with Crippen LogP contribution in [0.25, 0.3) is 0 Å². The predicted molar refractivity (Wildman–Crippen MR) is 81.7 cm³/mol. The Hall–Kier alpha value is -1.72. The van der Waals surface area contributed by atoms with E-state index in [9.17, 15) is 9.18 Å². The molecule has 0 aliphatic carbocycles. The van der Waals surface area contributed by atoms with Crippen molar-refractivity contribution in [3.63, 3.8) is 0 Å². The van der Waals surface area contributed by atoms with Crippen LogP contribution in [-0.2, 0) is 22.7 Å². The summed E-state index contributed by atoms with van der Waals surface area (Å²) in [5.74, 6) is -0.559. The van der Waals surface area contributed by atoms with Gasteiger partial charge in [-0.3, -0.25) is 4.79 Å². The molecule has 0 saturated carbocycles. The third-order valence-corrected chi connectivity index (χ3v) is 4.30. The van der Waals surface area contributed by atoms with E-state index in [2.05, 4.69) is 5.32 Å². The lowest BCUT2D eigenvalue weighted by Gasteiger charge is -2.11. The van der Waals surface area contributed by atoms with Crippen LogP contribution in [0.4, 0.5) is 4.39 Å². The van der Waals surface area contributed by atoms with Gasteiger partial charge in [0.05, 0.1) is 12.5 Å². The number of carbonyl (C=O) groups excluding carboxylic acids is 1. The van der Waals surface area contributed by atoms with Crippen molar-refractivity contribution in [3.8, 4) is 0 Å². The van der Waals surface area contributed by atoms with Crippen LogP contribution in [0.15, 0.2) is 35.7 Å². The van der Waals surface area contributed by atoms with Gasteiger partial charge in [0.2, 0.25) is 5.91 Å². The number of ether oxygens (including phenoxy) is 1. The van der Waals surface area contributed by atoms with Crippen LogP contribution in [0, 0.1) is 5.82 Å². The highest BCUT2D eigenvalue weighted by atomic mass is 32.1. The van der Waals surface area contributed by atoms with Gasteiger partial charge < -0.3 is 10.1 Å². The molecular weight excluding hydrogens is 289 g/mol. The molecule has 0 aliphatic heterocycles. The largest absolute Gasteiger partial charge is 0.380 e. The highest BCUT2D eigenvalue weighted by Crippen LogP contribution is 2.20. The van der Waals surface area contributed by atoms with E-state index in [-0.39, 0.29) is 24.2 Å². The minimum atomic E-state index is -0.310. The van der Waals surface area contributed by atoms with Crippen LogP contribution in [-0.4, -0.2) is 13.0 Å². The number of thiophene rings is 1. The molecule has 0 fully saturated rings. The molecule has 3 nitrogen and oxygen atoms in total. The number of amides is 1. The molecule has 1 aromatic carbocycles. The lowest BCUT2D eigenvalue weighted by atomic mass is 10.1. The molecule has 0 saturated heterocycles. The Morgan fingerprint density at radius 2 is 2.24 bits per heavy atom. The SMILES string of the molecule is COCc1ccc(CNC(=O)[C@@H](C)c2cccs2)cc1F. The average molecular weight is 307 g/mol. The van der Waals surface area contributed by atoms with E-state index < -0.39 is 0 Å². The minimum Gasteiger partial charge on any atom is -0.380 e. The van der Waals surface area contributed by atoms with Gasteiger partial charge in [-0.15, -0.1) is 11.3 Å². The monoisotopic (exact) mass is 307 g/mol. The molecule has 0 spiro atoms. The average Bonchev–Trinajstić information content (AvgIpc) is 3.01. The number of rotatable bonds is 6. The number of methoxy groups -OCH3 is 1. The third-order valence-electron chi connectivity index (χ3n) is 3.25. The zero-order chi connectivity index (χ0) is 15.2. The van der Waals surface area contributed by atoms with Gasteiger partial charge in [-0.2, -0.15) is 0 Å². The summed E-state index contributed by atoms with van der Waals surface area (Å²) in [6.07, 6.45) is 0. The van der Waals surface area contributed by atoms with Crippen LogP contribution in [0.2, 0.25) is 0 Å². The first-order chi connectivity index (χ1) is 10.1. The van der Waals surface area contributed by atoms with Gasteiger partial charge in [-0.1, -0.05) is 18.2 Å². The molecule has 112 valence electrons. The highest BCUT2D eigenvalue weighted by molar-refractivity contribution is 7.10. The first kappa shape index (κ1) is 15.7. The van der Waals surface area contributed by atoms with Crippen molar-refractivity contribution in [2.75, 3.05) is 7.11 Å². The van der Waals surface area contributed by atoms with Crippen molar-refractivity contribution in [1.29, 1.82) is 0 Å². The van der Waals surface area contributed by atoms with Crippen molar-refractivity contribution < 1.29 is 13.9 Å². The van der Waals surface area contributed by atoms with E-state index in [4.69, 9.17) is 4.74 Å². The van der Waals surface area contributed by atoms with Gasteiger partial charge in [-0.25, -0.2) is 4.39 Å². The molecule has 1 N–H and O–H groups in total. The van der Waals surface area contributed by atoms with E-state index in [1.807, 2.05) is 24.4 Å². The molecule has 0 aliphatic rings. The summed E-state index contributed by atoms with van der Waals surface area (Å²) in [6, 6.07) is 8.78. The fourth-order valence-electron chi connectivity index (χ4n) is 1.98. The number of benzene rings is 1. The van der Waals surface area contributed by atoms with Crippen molar-refractivity contribution in [3.05, 3.63) is 57.5 Å². The van der Waals surface area contributed by atoms with Crippen LogP contribution in [0.1, 0.15) is 28.8 Å². The molecular formula is C16H18FNO2S. The molecule has 2 rings (SSSR count). The number of carbonyl (C=O) groups is 1. The lowest BCUT2D eigenvalue weighted by Crippen LogP contribution is -2.27. The quantitative estimate of drug-likeness (QED) is 0.887. The van der Waals surface area contributed by atoms with E-state index >= 15 is 0 Å². The minimum absolute atomic E-state index is 0.0566. The molecule has 1 aromatic heterocycles. The standard InChI is InChI=1S/C16H18FNO2S/c1-11(15-4-3-7-21-15)16(19)18-9-12-5-6-13(10-20-2)14(17)8-12/h3-8,11H,9-10H2,1-2H3,(H,18,19)/t11-/m0/s1. The van der Waals surface area contributed by atoms with Gasteiger partial charge in [0.15, 0.2) is 0 Å². The summed E-state index contributed by atoms with van der Waals surface area (Å²) in [5, 5.41) is 4.78. The van der Waals surface area contributed by atoms with Gasteiger partial charge >= 0.3 is 0 Å². The Morgan fingerprint density at radius 1 is 1.43 bits per heavy atom. The second-order valence-electron chi connectivity index (χ2n) is 4.81. The van der Waals surface area contributed by atoms with Crippen LogP contribution in [0.5, 0.6) is 0 Å². The summed E-state index contributed by atoms with van der Waals surface area (Å²) in [6.45, 7) is 2.43. The van der Waals surface area contributed by atoms with Gasteiger partial charge in [-0.05, 0) is 30.0 Å². The summed E-state index contributed by atoms with van der Waals surface area (Å²) in [7, 11) is 1.53. The maximum Gasteiger partial charge on any atom is 0.228 e. The zero-order valence-corrected chi connectivity index (χ0v) is 12.9. The Kier molecular flexibility index (Phi) is 5.47. The number of nitrogens with one attached hydrogen (secondary N) is 1. The fraction of sp³-hybridized carbons (Fsp3) is 0.312. The number of halogens is 1. The topological polar surface area (TPSA) is 38.3 Å². The van der Waals surface area contributed by atoms with E-state index in [0.717, 1.165) is 10.4 Å². The molecule has 1 amide bonds. The summed E-state index contributed by atoms with van der Waals surface area (Å²) in [5.41, 5.74) is 1.25. The van der Waals surface area contributed by atoms with E-state index in [1.165, 1.54) is 13.2 Å². The molecule has 1 atom stereocenters. The molecule has 0 radical (unpaired) electrons. The highest BCUT2D eigenvalue weighted by Gasteiger charge is 2.15. The zero-order valence-electron chi connectivity index (χ0n) is 12.1. The van der Waals surface area contributed by atoms with Crippen LogP contribution >= 0.6 is 11.3 Å². The Labute approximate surface area is 127 Å². The molecule has 21 heavy (non-hydrogen) atoms. The van der Waals surface area contributed by atoms with Crippen molar-refractivity contribution in [2.45, 2.75) is 26.0 Å². The number of hydrogen-bond donors (Lipinski definition) is 1. The van der Waals surface area contributed by atoms with Gasteiger partial charge in [0, 0.05) is 24.1 Å². The Balaban J connectivity index is 1.93. The van der Waals surface area contributed by atoms with Crippen LogP contribution < -0.4 is 5.32 Å². The smallest absolute Gasteiger partial charge is 0.228 e. The van der Waals surface area contributed by atoms with E-state index in [1.54, 1.807) is 23.5 Å². The molecule has 0 bridgehead atoms. The summed E-state index contributed by atoms with van der Waals surface area (Å²) < 4.78 is 18.7. The van der Waals surface area contributed by atoms with Crippen LogP contribution in [0.3, 0.4) is 0 Å². The van der Waals surface area contributed by atoms with Gasteiger partial charge in [0.25, 0.3) is 0 Å². The fourth-order valence-corrected chi connectivity index (χ4v) is 2.77. The molecule has 1 heterocycles. The maximum absolute atomic E-state index is 13.8. The first-order valence-electron chi connectivity index (χ1n) is 6.69. The second kappa shape index (κ2) is 7.33. The predicted octanol–water partition coefficient (Wildman–Crippen LogP) is 3.45. The second-order valence-corrected chi connectivity index (χ2v) is 5.79. The maximum atomic E-state index is 13.8. The summed E-state index contributed by atoms with van der Waals surface area (Å²) in [4.78, 5) is 13.1.